The standard InChI is InChI=1S/C17H17N3O4/c1-10-8-11(2)15(12(3)9-10)19-17(22)16(21)18-13-4-6-14(7-5-13)20(23)24/h4-9H,1-3H3,(H,18,21)(H,19,22). The molecule has 0 spiro atoms. The maximum atomic E-state index is 12.0. The van der Waals surface area contributed by atoms with Gasteiger partial charge in [-0.05, 0) is 44.0 Å². The fourth-order valence-corrected chi connectivity index (χ4v) is 2.40. The van der Waals surface area contributed by atoms with Crippen LogP contribution in [0.4, 0.5) is 17.1 Å². The lowest BCUT2D eigenvalue weighted by molar-refractivity contribution is -0.384. The lowest BCUT2D eigenvalue weighted by Gasteiger charge is -2.12. The predicted octanol–water partition coefficient (Wildman–Crippen LogP) is 3.10. The second-order valence-corrected chi connectivity index (χ2v) is 5.49. The molecule has 0 fully saturated rings. The normalized spacial score (nSPS) is 10.1. The quantitative estimate of drug-likeness (QED) is 0.514. The van der Waals surface area contributed by atoms with E-state index in [4.69, 9.17) is 0 Å². The van der Waals surface area contributed by atoms with E-state index in [1.807, 2.05) is 32.9 Å². The summed E-state index contributed by atoms with van der Waals surface area (Å²) in [7, 11) is 0. The number of rotatable bonds is 3. The summed E-state index contributed by atoms with van der Waals surface area (Å²) < 4.78 is 0. The van der Waals surface area contributed by atoms with Gasteiger partial charge < -0.3 is 10.6 Å². The molecule has 0 atom stereocenters. The lowest BCUT2D eigenvalue weighted by atomic mass is 10.1. The van der Waals surface area contributed by atoms with Crippen molar-refractivity contribution in [1.29, 1.82) is 0 Å². The van der Waals surface area contributed by atoms with Crippen molar-refractivity contribution in [2.75, 3.05) is 10.6 Å². The minimum Gasteiger partial charge on any atom is -0.318 e. The first-order chi connectivity index (χ1) is 11.3. The number of hydrogen-bond acceptors (Lipinski definition) is 4. The van der Waals surface area contributed by atoms with E-state index in [9.17, 15) is 19.7 Å². The molecule has 7 nitrogen and oxygen atoms in total. The van der Waals surface area contributed by atoms with E-state index in [1.165, 1.54) is 24.3 Å². The summed E-state index contributed by atoms with van der Waals surface area (Å²) in [6.07, 6.45) is 0. The highest BCUT2D eigenvalue weighted by Gasteiger charge is 2.16. The highest BCUT2D eigenvalue weighted by atomic mass is 16.6. The average molecular weight is 327 g/mol. The minimum absolute atomic E-state index is 0.0941. The smallest absolute Gasteiger partial charge is 0.314 e. The first kappa shape index (κ1) is 17.1. The minimum atomic E-state index is -0.844. The van der Waals surface area contributed by atoms with E-state index in [0.717, 1.165) is 16.7 Å². The third-order valence-corrected chi connectivity index (χ3v) is 3.46. The Morgan fingerprint density at radius 2 is 1.42 bits per heavy atom. The van der Waals surface area contributed by atoms with Crippen molar-refractivity contribution in [2.24, 2.45) is 0 Å². The molecule has 0 saturated heterocycles. The average Bonchev–Trinajstić information content (AvgIpc) is 2.51. The number of hydrogen-bond donors (Lipinski definition) is 2. The van der Waals surface area contributed by atoms with Gasteiger partial charge in [-0.15, -0.1) is 0 Å². The first-order valence-corrected chi connectivity index (χ1v) is 7.22. The van der Waals surface area contributed by atoms with Crippen LogP contribution in [0.3, 0.4) is 0 Å². The SMILES string of the molecule is Cc1cc(C)c(NC(=O)C(=O)Nc2ccc([N+](=O)[O-])cc2)c(C)c1. The molecule has 2 rings (SSSR count). The summed E-state index contributed by atoms with van der Waals surface area (Å²) in [5.74, 6) is -1.65. The van der Waals surface area contributed by atoms with Gasteiger partial charge in [-0.3, -0.25) is 19.7 Å². The molecule has 24 heavy (non-hydrogen) atoms. The molecule has 0 bridgehead atoms. The van der Waals surface area contributed by atoms with Crippen molar-refractivity contribution in [2.45, 2.75) is 20.8 Å². The van der Waals surface area contributed by atoms with Gasteiger partial charge in [-0.2, -0.15) is 0 Å². The van der Waals surface area contributed by atoms with Crippen LogP contribution in [0.15, 0.2) is 36.4 Å². The number of nitro groups is 1. The molecule has 2 N–H and O–H groups in total. The monoisotopic (exact) mass is 327 g/mol. The highest BCUT2D eigenvalue weighted by Crippen LogP contribution is 2.22. The number of carbonyl (C=O) groups is 2. The van der Waals surface area contributed by atoms with Gasteiger partial charge in [0.15, 0.2) is 0 Å². The van der Waals surface area contributed by atoms with Crippen LogP contribution in [0.25, 0.3) is 0 Å². The van der Waals surface area contributed by atoms with Crippen molar-refractivity contribution in [3.63, 3.8) is 0 Å². The van der Waals surface area contributed by atoms with Crippen molar-refractivity contribution in [1.82, 2.24) is 0 Å². The lowest BCUT2D eigenvalue weighted by Crippen LogP contribution is -2.29. The molecule has 2 aromatic carbocycles. The number of non-ortho nitro benzene ring substituents is 1. The van der Waals surface area contributed by atoms with Gasteiger partial charge in [-0.25, -0.2) is 0 Å². The van der Waals surface area contributed by atoms with Crippen LogP contribution in [0.5, 0.6) is 0 Å². The summed E-state index contributed by atoms with van der Waals surface area (Å²) >= 11 is 0. The Morgan fingerprint density at radius 3 is 1.92 bits per heavy atom. The number of carbonyl (C=O) groups excluding carboxylic acids is 2. The molecule has 2 amide bonds. The van der Waals surface area contributed by atoms with Crippen molar-refractivity contribution >= 4 is 28.9 Å². The summed E-state index contributed by atoms with van der Waals surface area (Å²) in [5, 5.41) is 15.6. The zero-order valence-corrected chi connectivity index (χ0v) is 13.5. The topological polar surface area (TPSA) is 101 Å². The molecule has 0 aromatic heterocycles. The van der Waals surface area contributed by atoms with Crippen molar-refractivity contribution in [3.05, 3.63) is 63.2 Å². The summed E-state index contributed by atoms with van der Waals surface area (Å²) in [6.45, 7) is 5.65. The van der Waals surface area contributed by atoms with Gasteiger partial charge in [0.25, 0.3) is 5.69 Å². The van der Waals surface area contributed by atoms with Gasteiger partial charge in [0.1, 0.15) is 0 Å². The highest BCUT2D eigenvalue weighted by molar-refractivity contribution is 6.43. The molecule has 124 valence electrons. The van der Waals surface area contributed by atoms with E-state index < -0.39 is 16.7 Å². The molecular weight excluding hydrogens is 310 g/mol. The van der Waals surface area contributed by atoms with Gasteiger partial charge in [0, 0.05) is 23.5 Å². The first-order valence-electron chi connectivity index (χ1n) is 7.22. The van der Waals surface area contributed by atoms with Crippen LogP contribution in [0.1, 0.15) is 16.7 Å². The van der Waals surface area contributed by atoms with Gasteiger partial charge in [-0.1, -0.05) is 17.7 Å². The Hall–Kier alpha value is -3.22. The molecule has 7 heteroatoms. The van der Waals surface area contributed by atoms with E-state index in [-0.39, 0.29) is 5.69 Å². The Balaban J connectivity index is 2.07. The van der Waals surface area contributed by atoms with Crippen LogP contribution >= 0.6 is 0 Å². The molecule has 0 heterocycles. The molecular formula is C17H17N3O4. The Kier molecular flexibility index (Phi) is 4.93. The number of anilines is 2. The van der Waals surface area contributed by atoms with Gasteiger partial charge >= 0.3 is 11.8 Å². The van der Waals surface area contributed by atoms with Crippen molar-refractivity contribution in [3.8, 4) is 0 Å². The number of aryl methyl sites for hydroxylation is 3. The van der Waals surface area contributed by atoms with Crippen molar-refractivity contribution < 1.29 is 14.5 Å². The number of nitro benzene ring substituents is 1. The number of nitrogens with one attached hydrogen (secondary N) is 2. The molecule has 0 aliphatic carbocycles. The third-order valence-electron chi connectivity index (χ3n) is 3.46. The Labute approximate surface area is 138 Å². The fraction of sp³-hybridized carbons (Fsp3) is 0.176. The van der Waals surface area contributed by atoms with Crippen LogP contribution in [0, 0.1) is 30.9 Å². The Bertz CT molecular complexity index is 790. The molecule has 0 saturated carbocycles. The van der Waals surface area contributed by atoms with E-state index in [2.05, 4.69) is 10.6 Å². The maximum absolute atomic E-state index is 12.0. The molecule has 0 aliphatic heterocycles. The van der Waals surface area contributed by atoms with Crippen LogP contribution in [-0.2, 0) is 9.59 Å². The fourth-order valence-electron chi connectivity index (χ4n) is 2.40. The van der Waals surface area contributed by atoms with E-state index in [0.29, 0.717) is 11.4 Å². The zero-order valence-electron chi connectivity index (χ0n) is 13.5. The summed E-state index contributed by atoms with van der Waals surface area (Å²) in [6, 6.07) is 9.06. The largest absolute Gasteiger partial charge is 0.318 e. The number of nitrogens with zero attached hydrogens (tertiary/aromatic N) is 1. The second-order valence-electron chi connectivity index (χ2n) is 5.49. The van der Waals surface area contributed by atoms with E-state index >= 15 is 0 Å². The summed E-state index contributed by atoms with van der Waals surface area (Å²) in [4.78, 5) is 34.1. The van der Waals surface area contributed by atoms with Crippen LogP contribution in [0.2, 0.25) is 0 Å². The number of amides is 2. The maximum Gasteiger partial charge on any atom is 0.314 e. The summed E-state index contributed by atoms with van der Waals surface area (Å²) in [5.41, 5.74) is 3.61. The van der Waals surface area contributed by atoms with Crippen LogP contribution < -0.4 is 10.6 Å². The van der Waals surface area contributed by atoms with Gasteiger partial charge in [0.2, 0.25) is 0 Å². The number of benzene rings is 2. The van der Waals surface area contributed by atoms with E-state index in [1.54, 1.807) is 0 Å². The second kappa shape index (κ2) is 6.91. The molecule has 0 aliphatic rings. The Morgan fingerprint density at radius 1 is 0.917 bits per heavy atom. The third kappa shape index (κ3) is 3.95. The molecule has 2 aromatic rings. The predicted molar refractivity (Wildman–Crippen MR) is 91.0 cm³/mol. The van der Waals surface area contributed by atoms with Gasteiger partial charge in [0.05, 0.1) is 4.92 Å². The molecule has 0 radical (unpaired) electrons. The molecule has 0 unspecified atom stereocenters. The van der Waals surface area contributed by atoms with Crippen LogP contribution in [-0.4, -0.2) is 16.7 Å². The zero-order chi connectivity index (χ0) is 17.9.